The molecule has 0 N–H and O–H groups in total. The van der Waals surface area contributed by atoms with Crippen molar-refractivity contribution in [1.29, 1.82) is 0 Å². The van der Waals surface area contributed by atoms with Gasteiger partial charge >= 0.3 is 15.0 Å². The van der Waals surface area contributed by atoms with Gasteiger partial charge in [0.25, 0.3) is 0 Å². The summed E-state index contributed by atoms with van der Waals surface area (Å²) in [5.74, 6) is 0. The number of para-hydroxylation sites is 1. The van der Waals surface area contributed by atoms with E-state index in [1.165, 1.54) is 21.3 Å². The predicted molar refractivity (Wildman–Crippen MR) is 76.5 cm³/mol. The van der Waals surface area contributed by atoms with Crippen LogP contribution < -0.4 is 4.90 Å². The lowest BCUT2D eigenvalue weighted by molar-refractivity contribution is 0.123. The molecule has 0 heterocycles. The van der Waals surface area contributed by atoms with Gasteiger partial charge in [-0.3, -0.25) is 4.90 Å². The highest BCUT2D eigenvalue weighted by Gasteiger charge is 2.37. The lowest BCUT2D eigenvalue weighted by atomic mass is 10.3. The normalized spacial score (nSPS) is 11.4. The molecule has 0 unspecified atom stereocenters. The fraction of sp³-hybridized carbons (Fsp3) is 0.462. The zero-order valence-corrected chi connectivity index (χ0v) is 13.0. The van der Waals surface area contributed by atoms with Crippen molar-refractivity contribution in [3.8, 4) is 0 Å². The Balaban J connectivity index is 2.63. The Morgan fingerprint density at radius 3 is 2.15 bits per heavy atom. The fourth-order valence-electron chi connectivity index (χ4n) is 1.94. The third kappa shape index (κ3) is 4.38. The van der Waals surface area contributed by atoms with E-state index in [4.69, 9.17) is 13.3 Å². The third-order valence-corrected chi connectivity index (χ3v) is 5.91. The standard InChI is InChI=1S/C13H20FNO4Si/c1-17-20(18-2,19-3)11-7-10-15(13(14)16)12-8-5-4-6-9-12/h4-6,8-9H,7,10-11H2,1-3H3. The molecule has 5 nitrogen and oxygen atoms in total. The highest BCUT2D eigenvalue weighted by Crippen LogP contribution is 2.19. The van der Waals surface area contributed by atoms with Crippen LogP contribution in [-0.4, -0.2) is 42.8 Å². The molecule has 1 aromatic rings. The average Bonchev–Trinajstić information content (AvgIpc) is 2.49. The van der Waals surface area contributed by atoms with Crippen LogP contribution in [0.15, 0.2) is 30.3 Å². The molecule has 0 aromatic heterocycles. The van der Waals surface area contributed by atoms with Gasteiger partial charge in [0.05, 0.1) is 0 Å². The summed E-state index contributed by atoms with van der Waals surface area (Å²) >= 11 is 0. The van der Waals surface area contributed by atoms with Crippen LogP contribution in [0.2, 0.25) is 6.04 Å². The van der Waals surface area contributed by atoms with Crippen LogP contribution in [0.5, 0.6) is 0 Å². The minimum Gasteiger partial charge on any atom is -0.377 e. The van der Waals surface area contributed by atoms with Gasteiger partial charge in [0.15, 0.2) is 0 Å². The van der Waals surface area contributed by atoms with Crippen molar-refractivity contribution in [3.05, 3.63) is 30.3 Å². The van der Waals surface area contributed by atoms with E-state index in [9.17, 15) is 9.18 Å². The molecule has 112 valence electrons. The number of halogens is 1. The van der Waals surface area contributed by atoms with Crippen LogP contribution in [0.1, 0.15) is 6.42 Å². The number of benzene rings is 1. The van der Waals surface area contributed by atoms with Crippen LogP contribution in [0.3, 0.4) is 0 Å². The Bertz CT molecular complexity index is 406. The van der Waals surface area contributed by atoms with E-state index in [1.54, 1.807) is 24.3 Å². The van der Waals surface area contributed by atoms with Gasteiger partial charge in [-0.15, -0.1) is 4.39 Å². The van der Waals surface area contributed by atoms with E-state index in [0.29, 0.717) is 18.2 Å². The van der Waals surface area contributed by atoms with E-state index >= 15 is 0 Å². The van der Waals surface area contributed by atoms with Crippen LogP contribution in [0.4, 0.5) is 14.9 Å². The zero-order valence-electron chi connectivity index (χ0n) is 12.0. The summed E-state index contributed by atoms with van der Waals surface area (Å²) in [6, 6.07) is 9.19. The molecule has 0 aliphatic rings. The lowest BCUT2D eigenvalue weighted by Gasteiger charge is -2.25. The second kappa shape index (κ2) is 8.10. The van der Waals surface area contributed by atoms with Gasteiger partial charge in [-0.1, -0.05) is 18.2 Å². The first-order valence-corrected chi connectivity index (χ1v) is 8.19. The molecule has 1 rings (SSSR count). The molecule has 7 heteroatoms. The highest BCUT2D eigenvalue weighted by molar-refractivity contribution is 6.60. The summed E-state index contributed by atoms with van der Waals surface area (Å²) in [6.45, 7) is 0.240. The number of carbonyl (C=O) groups is 1. The Morgan fingerprint density at radius 1 is 1.15 bits per heavy atom. The SMILES string of the molecule is CO[Si](CCCN(C(=O)F)c1ccccc1)(OC)OC. The molecular weight excluding hydrogens is 281 g/mol. The summed E-state index contributed by atoms with van der Waals surface area (Å²) in [5, 5.41) is 0. The van der Waals surface area contributed by atoms with E-state index in [2.05, 4.69) is 0 Å². The van der Waals surface area contributed by atoms with Crippen LogP contribution in [-0.2, 0) is 13.3 Å². The van der Waals surface area contributed by atoms with Crippen LogP contribution in [0, 0.1) is 0 Å². The molecular formula is C13H20FNO4Si. The maximum absolute atomic E-state index is 13.1. The molecule has 0 fully saturated rings. The van der Waals surface area contributed by atoms with Gasteiger partial charge in [0, 0.05) is 39.6 Å². The monoisotopic (exact) mass is 301 g/mol. The Labute approximate surface area is 119 Å². The van der Waals surface area contributed by atoms with E-state index < -0.39 is 15.0 Å². The summed E-state index contributed by atoms with van der Waals surface area (Å²) < 4.78 is 29.0. The quantitative estimate of drug-likeness (QED) is 0.421. The number of nitrogens with zero attached hydrogens (tertiary/aromatic N) is 1. The van der Waals surface area contributed by atoms with Crippen molar-refractivity contribution >= 4 is 20.7 Å². The predicted octanol–water partition coefficient (Wildman–Crippen LogP) is 2.85. The number of carbonyl (C=O) groups excluding carboxylic acids is 1. The Morgan fingerprint density at radius 2 is 1.70 bits per heavy atom. The Hall–Kier alpha value is -1.28. The number of hydrogen-bond donors (Lipinski definition) is 0. The molecule has 0 saturated carbocycles. The van der Waals surface area contributed by atoms with E-state index in [-0.39, 0.29) is 6.54 Å². The van der Waals surface area contributed by atoms with E-state index in [1.807, 2.05) is 6.07 Å². The number of rotatable bonds is 8. The van der Waals surface area contributed by atoms with Crippen LogP contribution >= 0.6 is 0 Å². The van der Waals surface area contributed by atoms with Crippen LogP contribution in [0.25, 0.3) is 0 Å². The number of anilines is 1. The first kappa shape index (κ1) is 16.8. The molecule has 0 radical (unpaired) electrons. The second-order valence-electron chi connectivity index (χ2n) is 4.14. The average molecular weight is 301 g/mol. The minimum absolute atomic E-state index is 0.240. The minimum atomic E-state index is -2.68. The molecule has 20 heavy (non-hydrogen) atoms. The number of hydrogen-bond acceptors (Lipinski definition) is 4. The lowest BCUT2D eigenvalue weighted by Crippen LogP contribution is -2.43. The summed E-state index contributed by atoms with van der Waals surface area (Å²) in [5.41, 5.74) is 0.527. The zero-order chi connectivity index (χ0) is 15.0. The first-order valence-electron chi connectivity index (χ1n) is 6.26. The van der Waals surface area contributed by atoms with Gasteiger partial charge in [0.1, 0.15) is 0 Å². The van der Waals surface area contributed by atoms with Gasteiger partial charge in [0.2, 0.25) is 0 Å². The highest BCUT2D eigenvalue weighted by atomic mass is 28.4. The topological polar surface area (TPSA) is 48.0 Å². The molecule has 1 aromatic carbocycles. The third-order valence-electron chi connectivity index (χ3n) is 3.08. The van der Waals surface area contributed by atoms with Gasteiger partial charge < -0.3 is 13.3 Å². The molecule has 0 bridgehead atoms. The van der Waals surface area contributed by atoms with Crippen molar-refractivity contribution in [1.82, 2.24) is 0 Å². The largest absolute Gasteiger partial charge is 0.500 e. The van der Waals surface area contributed by atoms with Gasteiger partial charge in [-0.05, 0) is 18.6 Å². The second-order valence-corrected chi connectivity index (χ2v) is 7.23. The maximum Gasteiger partial charge on any atom is 0.500 e. The van der Waals surface area contributed by atoms with E-state index in [0.717, 1.165) is 4.90 Å². The molecule has 0 aliphatic carbocycles. The van der Waals surface area contributed by atoms with Crippen molar-refractivity contribution < 1.29 is 22.5 Å². The summed E-state index contributed by atoms with van der Waals surface area (Å²) in [6.07, 6.45) is -0.956. The Kier molecular flexibility index (Phi) is 6.80. The molecule has 1 amide bonds. The van der Waals surface area contributed by atoms with Crippen molar-refractivity contribution in [2.45, 2.75) is 12.5 Å². The molecule has 0 saturated heterocycles. The summed E-state index contributed by atoms with van der Waals surface area (Å²) in [7, 11) is 1.89. The first-order chi connectivity index (χ1) is 9.58. The molecule has 0 atom stereocenters. The number of amides is 1. The maximum atomic E-state index is 13.1. The van der Waals surface area contributed by atoms with Gasteiger partial charge in [-0.25, -0.2) is 4.79 Å². The molecule has 0 aliphatic heterocycles. The van der Waals surface area contributed by atoms with Gasteiger partial charge in [-0.2, -0.15) is 0 Å². The van der Waals surface area contributed by atoms with Crippen molar-refractivity contribution in [2.75, 3.05) is 32.8 Å². The van der Waals surface area contributed by atoms with Crippen molar-refractivity contribution in [2.24, 2.45) is 0 Å². The smallest absolute Gasteiger partial charge is 0.377 e. The fourth-order valence-corrected chi connectivity index (χ4v) is 3.64. The molecule has 0 spiro atoms. The summed E-state index contributed by atoms with van der Waals surface area (Å²) in [4.78, 5) is 12.2. The van der Waals surface area contributed by atoms with Crippen molar-refractivity contribution in [3.63, 3.8) is 0 Å².